The van der Waals surface area contributed by atoms with E-state index >= 15 is 0 Å². The molecule has 0 saturated carbocycles. The lowest BCUT2D eigenvalue weighted by molar-refractivity contribution is -0.384. The maximum absolute atomic E-state index is 10.6. The van der Waals surface area contributed by atoms with Gasteiger partial charge in [0.25, 0.3) is 5.69 Å². The Kier molecular flexibility index (Phi) is 3.06. The SMILES string of the molecule is COc1ccc(NC(=O)O)c([N+](=O)[O-])c1. The van der Waals surface area contributed by atoms with E-state index in [0.29, 0.717) is 0 Å². The van der Waals surface area contributed by atoms with Crippen LogP contribution in [0, 0.1) is 10.1 Å². The van der Waals surface area contributed by atoms with Crippen molar-refractivity contribution in [1.82, 2.24) is 0 Å². The average molecular weight is 212 g/mol. The highest BCUT2D eigenvalue weighted by Gasteiger charge is 2.16. The second kappa shape index (κ2) is 4.27. The molecule has 0 unspecified atom stereocenters. The van der Waals surface area contributed by atoms with E-state index in [9.17, 15) is 14.9 Å². The number of hydrogen-bond donors (Lipinski definition) is 2. The van der Waals surface area contributed by atoms with E-state index in [1.54, 1.807) is 0 Å². The van der Waals surface area contributed by atoms with Crippen molar-refractivity contribution in [3.05, 3.63) is 28.3 Å². The fraction of sp³-hybridized carbons (Fsp3) is 0.125. The van der Waals surface area contributed by atoms with Crippen molar-refractivity contribution >= 4 is 17.5 Å². The molecule has 15 heavy (non-hydrogen) atoms. The first kappa shape index (κ1) is 10.8. The quantitative estimate of drug-likeness (QED) is 0.586. The number of rotatable bonds is 3. The molecule has 7 heteroatoms. The van der Waals surface area contributed by atoms with Crippen LogP contribution in [0.3, 0.4) is 0 Å². The number of methoxy groups -OCH3 is 1. The molecule has 0 radical (unpaired) electrons. The first-order chi connectivity index (χ1) is 7.04. The Labute approximate surface area is 84.4 Å². The van der Waals surface area contributed by atoms with E-state index in [1.165, 1.54) is 19.2 Å². The zero-order valence-electron chi connectivity index (χ0n) is 7.76. The van der Waals surface area contributed by atoms with E-state index in [-0.39, 0.29) is 17.1 Å². The van der Waals surface area contributed by atoms with Crippen LogP contribution in [0.15, 0.2) is 18.2 Å². The van der Waals surface area contributed by atoms with Gasteiger partial charge in [0.15, 0.2) is 0 Å². The fourth-order valence-corrected chi connectivity index (χ4v) is 1.01. The smallest absolute Gasteiger partial charge is 0.409 e. The summed E-state index contributed by atoms with van der Waals surface area (Å²) in [5, 5.41) is 20.9. The molecule has 7 nitrogen and oxygen atoms in total. The van der Waals surface area contributed by atoms with Crippen molar-refractivity contribution in [3.8, 4) is 5.75 Å². The number of nitro groups is 1. The first-order valence-electron chi connectivity index (χ1n) is 3.87. The monoisotopic (exact) mass is 212 g/mol. The second-order valence-corrected chi connectivity index (χ2v) is 2.57. The second-order valence-electron chi connectivity index (χ2n) is 2.57. The van der Waals surface area contributed by atoms with E-state index in [2.05, 4.69) is 0 Å². The van der Waals surface area contributed by atoms with E-state index < -0.39 is 11.0 Å². The average Bonchev–Trinajstić information content (AvgIpc) is 2.17. The number of ether oxygens (including phenoxy) is 1. The van der Waals surface area contributed by atoms with Crippen molar-refractivity contribution in [2.45, 2.75) is 0 Å². The minimum atomic E-state index is -1.36. The third-order valence-corrected chi connectivity index (χ3v) is 1.64. The summed E-state index contributed by atoms with van der Waals surface area (Å²) in [6, 6.07) is 3.84. The van der Waals surface area contributed by atoms with E-state index in [1.807, 2.05) is 5.32 Å². The molecule has 1 aromatic rings. The summed E-state index contributed by atoms with van der Waals surface area (Å²) < 4.78 is 4.79. The fourth-order valence-electron chi connectivity index (χ4n) is 1.01. The highest BCUT2D eigenvalue weighted by atomic mass is 16.6. The molecule has 0 bridgehead atoms. The highest BCUT2D eigenvalue weighted by Crippen LogP contribution is 2.28. The molecule has 0 aliphatic heterocycles. The van der Waals surface area contributed by atoms with Crippen LogP contribution < -0.4 is 10.1 Å². The highest BCUT2D eigenvalue weighted by molar-refractivity contribution is 5.86. The van der Waals surface area contributed by atoms with Crippen LogP contribution >= 0.6 is 0 Å². The third kappa shape index (κ3) is 2.56. The predicted molar refractivity (Wildman–Crippen MR) is 51.3 cm³/mol. The minimum Gasteiger partial charge on any atom is -0.496 e. The lowest BCUT2D eigenvalue weighted by Gasteiger charge is -2.04. The molecule has 0 aromatic heterocycles. The normalized spacial score (nSPS) is 9.40. The predicted octanol–water partition coefficient (Wildman–Crippen LogP) is 1.69. The summed E-state index contributed by atoms with van der Waals surface area (Å²) in [6.07, 6.45) is -1.36. The van der Waals surface area contributed by atoms with E-state index in [0.717, 1.165) is 6.07 Å². The molecular weight excluding hydrogens is 204 g/mol. The largest absolute Gasteiger partial charge is 0.496 e. The Balaban J connectivity index is 3.15. The summed E-state index contributed by atoms with van der Waals surface area (Å²) in [5.41, 5.74) is -0.440. The van der Waals surface area contributed by atoms with Crippen LogP contribution in [-0.4, -0.2) is 23.2 Å². The standard InChI is InChI=1S/C8H8N2O5/c1-15-5-2-3-6(9-8(11)12)7(4-5)10(13)14/h2-4,9H,1H3,(H,11,12). The number of nitrogens with zero attached hydrogens (tertiary/aromatic N) is 1. The molecule has 1 amide bonds. The van der Waals surface area contributed by atoms with Gasteiger partial charge >= 0.3 is 6.09 Å². The van der Waals surface area contributed by atoms with Crippen LogP contribution in [0.5, 0.6) is 5.75 Å². The molecule has 80 valence electrons. The molecule has 0 saturated heterocycles. The van der Waals surface area contributed by atoms with Crippen LogP contribution in [-0.2, 0) is 0 Å². The molecule has 0 spiro atoms. The molecular formula is C8H8N2O5. The van der Waals surface area contributed by atoms with Gasteiger partial charge in [-0.3, -0.25) is 15.4 Å². The lowest BCUT2D eigenvalue weighted by Crippen LogP contribution is -2.09. The van der Waals surface area contributed by atoms with Crippen molar-refractivity contribution in [2.24, 2.45) is 0 Å². The number of nitrogens with one attached hydrogen (secondary N) is 1. The van der Waals surface area contributed by atoms with Gasteiger partial charge < -0.3 is 9.84 Å². The number of amides is 1. The molecule has 0 aliphatic rings. The van der Waals surface area contributed by atoms with Crippen LogP contribution in [0.4, 0.5) is 16.2 Å². The molecule has 0 aliphatic carbocycles. The van der Waals surface area contributed by atoms with Crippen LogP contribution in [0.25, 0.3) is 0 Å². The van der Waals surface area contributed by atoms with Crippen molar-refractivity contribution in [1.29, 1.82) is 0 Å². The summed E-state index contributed by atoms with van der Waals surface area (Å²) >= 11 is 0. The van der Waals surface area contributed by atoms with Crippen molar-refractivity contribution < 1.29 is 19.6 Å². The minimum absolute atomic E-state index is 0.0895. The summed E-state index contributed by atoms with van der Waals surface area (Å²) in [5.74, 6) is 0.289. The number of anilines is 1. The Hall–Kier alpha value is -2.31. The van der Waals surface area contributed by atoms with Gasteiger partial charge in [-0.15, -0.1) is 0 Å². The topological polar surface area (TPSA) is 102 Å². The summed E-state index contributed by atoms with van der Waals surface area (Å²) in [7, 11) is 1.36. The van der Waals surface area contributed by atoms with Gasteiger partial charge in [0.1, 0.15) is 11.4 Å². The Morgan fingerprint density at radius 2 is 2.27 bits per heavy atom. The number of carboxylic acid groups (broad SMARTS) is 1. The number of nitro benzene ring substituents is 1. The number of carbonyl (C=O) groups is 1. The summed E-state index contributed by atoms with van der Waals surface area (Å²) in [6.45, 7) is 0. The van der Waals surface area contributed by atoms with Crippen LogP contribution in [0.2, 0.25) is 0 Å². The van der Waals surface area contributed by atoms with Crippen LogP contribution in [0.1, 0.15) is 0 Å². The molecule has 0 fully saturated rings. The molecule has 2 N–H and O–H groups in total. The first-order valence-corrected chi connectivity index (χ1v) is 3.87. The van der Waals surface area contributed by atoms with Crippen molar-refractivity contribution in [2.75, 3.05) is 12.4 Å². The molecule has 0 heterocycles. The molecule has 0 atom stereocenters. The third-order valence-electron chi connectivity index (χ3n) is 1.64. The molecule has 1 rings (SSSR count). The van der Waals surface area contributed by atoms with Gasteiger partial charge in [0.05, 0.1) is 18.1 Å². The van der Waals surface area contributed by atoms with Gasteiger partial charge in [-0.1, -0.05) is 0 Å². The summed E-state index contributed by atoms with van der Waals surface area (Å²) in [4.78, 5) is 20.2. The lowest BCUT2D eigenvalue weighted by atomic mass is 10.2. The maximum atomic E-state index is 10.6. The zero-order valence-corrected chi connectivity index (χ0v) is 7.76. The van der Waals surface area contributed by atoms with Gasteiger partial charge in [0.2, 0.25) is 0 Å². The Bertz CT molecular complexity index is 404. The molecule has 1 aromatic carbocycles. The number of benzene rings is 1. The maximum Gasteiger partial charge on any atom is 0.409 e. The number of hydrogen-bond acceptors (Lipinski definition) is 4. The van der Waals surface area contributed by atoms with E-state index in [4.69, 9.17) is 9.84 Å². The van der Waals surface area contributed by atoms with Gasteiger partial charge in [-0.2, -0.15) is 0 Å². The zero-order chi connectivity index (χ0) is 11.4. The Morgan fingerprint density at radius 3 is 2.73 bits per heavy atom. The van der Waals surface area contributed by atoms with Crippen molar-refractivity contribution in [3.63, 3.8) is 0 Å². The van der Waals surface area contributed by atoms with Gasteiger partial charge in [-0.25, -0.2) is 4.79 Å². The van der Waals surface area contributed by atoms with Gasteiger partial charge in [0, 0.05) is 0 Å². The Morgan fingerprint density at radius 1 is 1.60 bits per heavy atom. The van der Waals surface area contributed by atoms with Gasteiger partial charge in [-0.05, 0) is 12.1 Å².